The van der Waals surface area contributed by atoms with E-state index in [-0.39, 0.29) is 0 Å². The lowest BCUT2D eigenvalue weighted by atomic mass is 10.1. The number of nitrogens with one attached hydrogen (secondary N) is 3. The molecule has 0 bridgehead atoms. The molecule has 3 atom stereocenters. The molecule has 17 heavy (non-hydrogen) atoms. The number of carbonyl (C=O) groups is 3. The first-order valence-corrected chi connectivity index (χ1v) is 5.43. The van der Waals surface area contributed by atoms with Crippen molar-refractivity contribution in [3.05, 3.63) is 0 Å². The van der Waals surface area contributed by atoms with Crippen LogP contribution >= 0.6 is 0 Å². The highest BCUT2D eigenvalue weighted by Gasteiger charge is 2.49. The molecule has 2 aliphatic rings. The van der Waals surface area contributed by atoms with Gasteiger partial charge in [-0.05, 0) is 6.42 Å². The molecule has 8 nitrogen and oxygen atoms in total. The van der Waals surface area contributed by atoms with Crippen molar-refractivity contribution in [3.8, 4) is 0 Å². The third-order valence-corrected chi connectivity index (χ3v) is 2.88. The molecule has 0 unspecified atom stereocenters. The summed E-state index contributed by atoms with van der Waals surface area (Å²) in [5.41, 5.74) is 0. The first-order valence-electron chi connectivity index (χ1n) is 5.43. The largest absolute Gasteiger partial charge is 0.480 e. The number of nitrogens with zero attached hydrogens (tertiary/aromatic N) is 1. The van der Waals surface area contributed by atoms with Gasteiger partial charge in [0.2, 0.25) is 0 Å². The normalized spacial score (nSPS) is 28.2. The first-order chi connectivity index (χ1) is 8.04. The molecule has 4 amide bonds. The number of fused-ring (bicyclic) bond motifs is 1. The Bertz CT molecular complexity index is 372. The molecule has 0 aromatic heterocycles. The predicted octanol–water partition coefficient (Wildman–Crippen LogP) is -0.770. The van der Waals surface area contributed by atoms with E-state index in [1.165, 1.54) is 4.90 Å². The van der Waals surface area contributed by atoms with Crippen molar-refractivity contribution < 1.29 is 19.5 Å². The molecular weight excluding hydrogens is 228 g/mol. The molecule has 2 rings (SSSR count). The van der Waals surface area contributed by atoms with Gasteiger partial charge in [0, 0.05) is 0 Å². The fraction of sp³-hybridized carbons (Fsp3) is 0.667. The van der Waals surface area contributed by atoms with Gasteiger partial charge >= 0.3 is 18.0 Å². The van der Waals surface area contributed by atoms with E-state index in [1.54, 1.807) is 0 Å². The fourth-order valence-corrected chi connectivity index (χ4v) is 2.15. The van der Waals surface area contributed by atoms with Gasteiger partial charge in [-0.25, -0.2) is 14.4 Å². The van der Waals surface area contributed by atoms with Crippen LogP contribution in [-0.4, -0.2) is 46.4 Å². The third-order valence-electron chi connectivity index (χ3n) is 2.88. The zero-order valence-corrected chi connectivity index (χ0v) is 9.27. The SMILES string of the molecule is CCC[C@H](C(=O)O)N1C(=O)N[C@@H]2NC(=O)N[C@@H]21. The molecule has 0 aliphatic carbocycles. The summed E-state index contributed by atoms with van der Waals surface area (Å²) in [6.07, 6.45) is -0.210. The molecule has 0 saturated carbocycles. The van der Waals surface area contributed by atoms with Crippen LogP contribution in [0.5, 0.6) is 0 Å². The number of aliphatic carboxylic acids is 1. The standard InChI is InChI=1S/C9H14N4O4/c1-2-3-4(7(14)15)13-6-5(11-9(13)17)10-8(16)12-6/h4-6H,2-3H2,1H3,(H,11,17)(H,14,15)(H2,10,12,16)/t4-,5+,6-/m1/s1. The minimum Gasteiger partial charge on any atom is -0.480 e. The number of amides is 4. The highest BCUT2D eigenvalue weighted by atomic mass is 16.4. The number of carboxylic acid groups (broad SMARTS) is 1. The molecule has 0 aromatic carbocycles. The van der Waals surface area contributed by atoms with Crippen LogP contribution in [0.3, 0.4) is 0 Å². The van der Waals surface area contributed by atoms with Crippen LogP contribution in [0, 0.1) is 0 Å². The molecule has 0 spiro atoms. The van der Waals surface area contributed by atoms with Crippen molar-refractivity contribution >= 4 is 18.0 Å². The summed E-state index contributed by atoms with van der Waals surface area (Å²) in [7, 11) is 0. The van der Waals surface area contributed by atoms with Gasteiger partial charge in [-0.2, -0.15) is 0 Å². The van der Waals surface area contributed by atoms with Crippen LogP contribution in [0.15, 0.2) is 0 Å². The third kappa shape index (κ3) is 1.85. The molecule has 4 N–H and O–H groups in total. The summed E-state index contributed by atoms with van der Waals surface area (Å²) in [4.78, 5) is 35.1. The Hall–Kier alpha value is -1.99. The predicted molar refractivity (Wildman–Crippen MR) is 55.9 cm³/mol. The van der Waals surface area contributed by atoms with Gasteiger partial charge in [0.15, 0.2) is 0 Å². The average molecular weight is 242 g/mol. The minimum atomic E-state index is -1.07. The van der Waals surface area contributed by atoms with E-state index in [0.717, 1.165) is 0 Å². The van der Waals surface area contributed by atoms with E-state index in [9.17, 15) is 14.4 Å². The number of hydrogen-bond acceptors (Lipinski definition) is 3. The molecule has 2 saturated heterocycles. The monoisotopic (exact) mass is 242 g/mol. The Morgan fingerprint density at radius 3 is 2.71 bits per heavy atom. The second-order valence-electron chi connectivity index (χ2n) is 4.04. The van der Waals surface area contributed by atoms with Gasteiger partial charge in [-0.1, -0.05) is 13.3 Å². The molecule has 0 aromatic rings. The zero-order valence-electron chi connectivity index (χ0n) is 9.27. The Balaban J connectivity index is 2.20. The highest BCUT2D eigenvalue weighted by Crippen LogP contribution is 2.20. The number of rotatable bonds is 4. The zero-order chi connectivity index (χ0) is 12.6. The summed E-state index contributed by atoms with van der Waals surface area (Å²) >= 11 is 0. The topological polar surface area (TPSA) is 111 Å². The Kier molecular flexibility index (Phi) is 2.78. The number of carbonyl (C=O) groups excluding carboxylic acids is 2. The maximum Gasteiger partial charge on any atom is 0.326 e. The lowest BCUT2D eigenvalue weighted by Gasteiger charge is -2.27. The lowest BCUT2D eigenvalue weighted by molar-refractivity contribution is -0.143. The van der Waals surface area contributed by atoms with Crippen LogP contribution in [0.2, 0.25) is 0 Å². The molecule has 2 heterocycles. The number of urea groups is 2. The Morgan fingerprint density at radius 1 is 1.41 bits per heavy atom. The van der Waals surface area contributed by atoms with Gasteiger partial charge in [-0.15, -0.1) is 0 Å². The van der Waals surface area contributed by atoms with E-state index in [4.69, 9.17) is 5.11 Å². The fourth-order valence-electron chi connectivity index (χ4n) is 2.15. The maximum atomic E-state index is 11.7. The second kappa shape index (κ2) is 4.11. The molecule has 94 valence electrons. The van der Waals surface area contributed by atoms with Crippen molar-refractivity contribution in [2.45, 2.75) is 38.1 Å². The van der Waals surface area contributed by atoms with E-state index in [0.29, 0.717) is 12.8 Å². The number of hydrogen-bond donors (Lipinski definition) is 4. The minimum absolute atomic E-state index is 0.349. The van der Waals surface area contributed by atoms with Crippen molar-refractivity contribution in [2.75, 3.05) is 0 Å². The van der Waals surface area contributed by atoms with Gasteiger partial charge < -0.3 is 21.1 Å². The average Bonchev–Trinajstić information content (AvgIpc) is 2.70. The summed E-state index contributed by atoms with van der Waals surface area (Å²) in [5, 5.41) is 16.6. The Morgan fingerprint density at radius 2 is 2.12 bits per heavy atom. The van der Waals surface area contributed by atoms with Crippen LogP contribution in [-0.2, 0) is 4.79 Å². The van der Waals surface area contributed by atoms with E-state index in [1.807, 2.05) is 6.92 Å². The van der Waals surface area contributed by atoms with Crippen LogP contribution in [0.4, 0.5) is 9.59 Å². The molecule has 8 heteroatoms. The molecule has 2 fully saturated rings. The maximum absolute atomic E-state index is 11.7. The molecule has 2 aliphatic heterocycles. The smallest absolute Gasteiger partial charge is 0.326 e. The van der Waals surface area contributed by atoms with Crippen molar-refractivity contribution in [1.82, 2.24) is 20.9 Å². The van der Waals surface area contributed by atoms with Gasteiger partial charge in [-0.3, -0.25) is 4.90 Å². The van der Waals surface area contributed by atoms with Gasteiger partial charge in [0.05, 0.1) is 0 Å². The quantitative estimate of drug-likeness (QED) is 0.518. The summed E-state index contributed by atoms with van der Waals surface area (Å²) in [5.74, 6) is -1.07. The molecule has 0 radical (unpaired) electrons. The van der Waals surface area contributed by atoms with Crippen LogP contribution in [0.25, 0.3) is 0 Å². The van der Waals surface area contributed by atoms with Crippen molar-refractivity contribution in [2.24, 2.45) is 0 Å². The number of carboxylic acids is 1. The summed E-state index contributed by atoms with van der Waals surface area (Å²) in [6.45, 7) is 1.84. The van der Waals surface area contributed by atoms with Crippen molar-refractivity contribution in [1.29, 1.82) is 0 Å². The van der Waals surface area contributed by atoms with Crippen LogP contribution in [0.1, 0.15) is 19.8 Å². The van der Waals surface area contributed by atoms with E-state index < -0.39 is 36.4 Å². The summed E-state index contributed by atoms with van der Waals surface area (Å²) in [6, 6.07) is -1.81. The van der Waals surface area contributed by atoms with Crippen molar-refractivity contribution in [3.63, 3.8) is 0 Å². The Labute approximate surface area is 97.3 Å². The van der Waals surface area contributed by atoms with Gasteiger partial charge in [0.1, 0.15) is 18.4 Å². The lowest BCUT2D eigenvalue weighted by Crippen LogP contribution is -2.52. The van der Waals surface area contributed by atoms with Gasteiger partial charge in [0.25, 0.3) is 0 Å². The van der Waals surface area contributed by atoms with E-state index in [2.05, 4.69) is 16.0 Å². The summed E-state index contributed by atoms with van der Waals surface area (Å²) < 4.78 is 0. The first kappa shape index (κ1) is 11.5. The van der Waals surface area contributed by atoms with Crippen LogP contribution < -0.4 is 16.0 Å². The van der Waals surface area contributed by atoms with E-state index >= 15 is 0 Å². The second-order valence-corrected chi connectivity index (χ2v) is 4.04. The molecular formula is C9H14N4O4. The highest BCUT2D eigenvalue weighted by molar-refractivity contribution is 5.88.